The molecule has 0 spiro atoms. The molecule has 0 radical (unpaired) electrons. The molecule has 2 aromatic rings. The van der Waals surface area contributed by atoms with Crippen molar-refractivity contribution in [2.75, 3.05) is 14.2 Å². The van der Waals surface area contributed by atoms with Crippen LogP contribution < -0.4 is 10.1 Å². The first-order chi connectivity index (χ1) is 9.67. The SMILES string of the molecule is CNC(c1ccc(OC)c(Br)c1)C(C)c1ccccn1. The molecule has 20 heavy (non-hydrogen) atoms. The zero-order valence-corrected chi connectivity index (χ0v) is 13.5. The minimum atomic E-state index is 0.201. The maximum Gasteiger partial charge on any atom is 0.133 e. The Labute approximate surface area is 128 Å². The summed E-state index contributed by atoms with van der Waals surface area (Å²) in [5.41, 5.74) is 2.29. The number of rotatable bonds is 5. The summed E-state index contributed by atoms with van der Waals surface area (Å²) in [6.45, 7) is 2.18. The first-order valence-corrected chi connectivity index (χ1v) is 7.38. The summed E-state index contributed by atoms with van der Waals surface area (Å²) in [4.78, 5) is 4.45. The highest BCUT2D eigenvalue weighted by atomic mass is 79.9. The molecule has 0 fully saturated rings. The predicted octanol–water partition coefficient (Wildman–Crippen LogP) is 3.92. The zero-order valence-electron chi connectivity index (χ0n) is 11.9. The predicted molar refractivity (Wildman–Crippen MR) is 85.1 cm³/mol. The summed E-state index contributed by atoms with van der Waals surface area (Å²) in [6.07, 6.45) is 1.84. The average molecular weight is 335 g/mol. The fourth-order valence-electron chi connectivity index (χ4n) is 2.40. The van der Waals surface area contributed by atoms with E-state index in [1.165, 1.54) is 5.56 Å². The summed E-state index contributed by atoms with van der Waals surface area (Å²) < 4.78 is 6.24. The molecule has 2 unspecified atom stereocenters. The van der Waals surface area contributed by atoms with E-state index in [4.69, 9.17) is 4.74 Å². The quantitative estimate of drug-likeness (QED) is 0.899. The molecular weight excluding hydrogens is 316 g/mol. The minimum Gasteiger partial charge on any atom is -0.496 e. The molecule has 0 saturated heterocycles. The molecule has 106 valence electrons. The number of likely N-dealkylation sites (N-methyl/N-ethyl adjacent to an activating group) is 1. The van der Waals surface area contributed by atoms with Crippen LogP contribution in [0.4, 0.5) is 0 Å². The van der Waals surface area contributed by atoms with Crippen molar-refractivity contribution in [2.24, 2.45) is 0 Å². The van der Waals surface area contributed by atoms with Gasteiger partial charge >= 0.3 is 0 Å². The van der Waals surface area contributed by atoms with Gasteiger partial charge in [0, 0.05) is 23.9 Å². The number of methoxy groups -OCH3 is 1. The molecule has 1 aromatic heterocycles. The van der Waals surface area contributed by atoms with Gasteiger partial charge in [-0.1, -0.05) is 19.1 Å². The molecular formula is C16H19BrN2O. The third-order valence-corrected chi connectivity index (χ3v) is 4.12. The van der Waals surface area contributed by atoms with Crippen LogP contribution in [-0.2, 0) is 0 Å². The van der Waals surface area contributed by atoms with Crippen molar-refractivity contribution >= 4 is 15.9 Å². The summed E-state index contributed by atoms with van der Waals surface area (Å²) >= 11 is 3.54. The molecule has 4 heteroatoms. The molecule has 0 amide bonds. The van der Waals surface area contributed by atoms with E-state index in [0.717, 1.165) is 15.9 Å². The van der Waals surface area contributed by atoms with Crippen LogP contribution in [0.25, 0.3) is 0 Å². The van der Waals surface area contributed by atoms with Gasteiger partial charge in [0.2, 0.25) is 0 Å². The molecule has 0 aliphatic carbocycles. The lowest BCUT2D eigenvalue weighted by Crippen LogP contribution is -2.22. The van der Waals surface area contributed by atoms with E-state index in [1.807, 2.05) is 31.4 Å². The van der Waals surface area contributed by atoms with Gasteiger partial charge in [0.1, 0.15) is 5.75 Å². The molecule has 1 N–H and O–H groups in total. The number of pyridine rings is 1. The van der Waals surface area contributed by atoms with E-state index in [9.17, 15) is 0 Å². The Kier molecular flexibility index (Phi) is 5.15. The van der Waals surface area contributed by atoms with Crippen molar-refractivity contribution in [1.82, 2.24) is 10.3 Å². The van der Waals surface area contributed by atoms with E-state index in [2.05, 4.69) is 51.4 Å². The van der Waals surface area contributed by atoms with Gasteiger partial charge in [-0.25, -0.2) is 0 Å². The molecule has 0 saturated carbocycles. The van der Waals surface area contributed by atoms with Gasteiger partial charge < -0.3 is 10.1 Å². The van der Waals surface area contributed by atoms with Crippen molar-refractivity contribution in [2.45, 2.75) is 18.9 Å². The topological polar surface area (TPSA) is 34.1 Å². The second-order valence-corrected chi connectivity index (χ2v) is 5.56. The van der Waals surface area contributed by atoms with Gasteiger partial charge in [-0.05, 0) is 52.8 Å². The normalized spacial score (nSPS) is 13.8. The fourth-order valence-corrected chi connectivity index (χ4v) is 2.96. The highest BCUT2D eigenvalue weighted by Crippen LogP contribution is 2.33. The van der Waals surface area contributed by atoms with E-state index < -0.39 is 0 Å². The monoisotopic (exact) mass is 334 g/mol. The van der Waals surface area contributed by atoms with Crippen molar-refractivity contribution in [3.8, 4) is 5.75 Å². The van der Waals surface area contributed by atoms with Gasteiger partial charge in [-0.3, -0.25) is 4.98 Å². The highest BCUT2D eigenvalue weighted by Gasteiger charge is 2.20. The van der Waals surface area contributed by atoms with Gasteiger partial charge in [0.05, 0.1) is 11.6 Å². The number of hydrogen-bond acceptors (Lipinski definition) is 3. The third kappa shape index (κ3) is 3.19. The van der Waals surface area contributed by atoms with Crippen LogP contribution in [0.2, 0.25) is 0 Å². The number of benzene rings is 1. The Morgan fingerprint density at radius 1 is 1.25 bits per heavy atom. The van der Waals surface area contributed by atoms with Crippen LogP contribution in [0, 0.1) is 0 Å². The molecule has 2 atom stereocenters. The largest absolute Gasteiger partial charge is 0.496 e. The lowest BCUT2D eigenvalue weighted by atomic mass is 9.91. The number of halogens is 1. The standard InChI is InChI=1S/C16H19BrN2O/c1-11(14-6-4-5-9-19-14)16(18-2)12-7-8-15(20-3)13(17)10-12/h4-11,16,18H,1-3H3. The van der Waals surface area contributed by atoms with E-state index in [1.54, 1.807) is 7.11 Å². The Morgan fingerprint density at radius 3 is 2.60 bits per heavy atom. The second kappa shape index (κ2) is 6.86. The molecule has 1 heterocycles. The van der Waals surface area contributed by atoms with E-state index in [-0.39, 0.29) is 12.0 Å². The molecule has 0 bridgehead atoms. The molecule has 2 rings (SSSR count). The van der Waals surface area contributed by atoms with Crippen LogP contribution in [0.5, 0.6) is 5.75 Å². The van der Waals surface area contributed by atoms with Crippen molar-refractivity contribution in [3.63, 3.8) is 0 Å². The maximum atomic E-state index is 5.28. The van der Waals surface area contributed by atoms with Gasteiger partial charge in [-0.2, -0.15) is 0 Å². The van der Waals surface area contributed by atoms with Crippen LogP contribution in [0.15, 0.2) is 47.1 Å². The van der Waals surface area contributed by atoms with Crippen LogP contribution >= 0.6 is 15.9 Å². The van der Waals surface area contributed by atoms with Crippen molar-refractivity contribution in [1.29, 1.82) is 0 Å². The van der Waals surface area contributed by atoms with Crippen molar-refractivity contribution < 1.29 is 4.74 Å². The van der Waals surface area contributed by atoms with Gasteiger partial charge in [0.15, 0.2) is 0 Å². The number of nitrogens with one attached hydrogen (secondary N) is 1. The Balaban J connectivity index is 2.30. The molecule has 1 aromatic carbocycles. The first-order valence-electron chi connectivity index (χ1n) is 6.59. The first kappa shape index (κ1) is 15.0. The minimum absolute atomic E-state index is 0.201. The summed E-state index contributed by atoms with van der Waals surface area (Å²) in [6, 6.07) is 12.4. The summed E-state index contributed by atoms with van der Waals surface area (Å²) in [7, 11) is 3.65. The van der Waals surface area contributed by atoms with Gasteiger partial charge in [0.25, 0.3) is 0 Å². The fraction of sp³-hybridized carbons (Fsp3) is 0.312. The van der Waals surface area contributed by atoms with Gasteiger partial charge in [-0.15, -0.1) is 0 Å². The second-order valence-electron chi connectivity index (χ2n) is 4.70. The zero-order chi connectivity index (χ0) is 14.5. The third-order valence-electron chi connectivity index (χ3n) is 3.50. The average Bonchev–Trinajstić information content (AvgIpc) is 2.49. The van der Waals surface area contributed by atoms with Crippen LogP contribution in [-0.4, -0.2) is 19.1 Å². The highest BCUT2D eigenvalue weighted by molar-refractivity contribution is 9.10. The molecule has 0 aliphatic heterocycles. The molecule has 0 aliphatic rings. The summed E-state index contributed by atoms with van der Waals surface area (Å²) in [5.74, 6) is 1.12. The number of hydrogen-bond donors (Lipinski definition) is 1. The van der Waals surface area contributed by atoms with Crippen molar-refractivity contribution in [3.05, 3.63) is 58.3 Å². The number of ether oxygens (including phenoxy) is 1. The smallest absolute Gasteiger partial charge is 0.133 e. The Morgan fingerprint density at radius 2 is 2.05 bits per heavy atom. The maximum absolute atomic E-state index is 5.28. The number of aromatic nitrogens is 1. The lowest BCUT2D eigenvalue weighted by Gasteiger charge is -2.24. The summed E-state index contributed by atoms with van der Waals surface area (Å²) in [5, 5.41) is 3.38. The molecule has 3 nitrogen and oxygen atoms in total. The van der Waals surface area contributed by atoms with Crippen LogP contribution in [0.3, 0.4) is 0 Å². The van der Waals surface area contributed by atoms with Crippen LogP contribution in [0.1, 0.15) is 30.1 Å². The lowest BCUT2D eigenvalue weighted by molar-refractivity contribution is 0.411. The van der Waals surface area contributed by atoms with E-state index >= 15 is 0 Å². The Hall–Kier alpha value is -1.39. The van der Waals surface area contributed by atoms with E-state index in [0.29, 0.717) is 0 Å². The Bertz CT molecular complexity index is 560. The number of nitrogens with zero attached hydrogens (tertiary/aromatic N) is 1.